The molecular weight excluding hydrogens is 328 g/mol. The lowest BCUT2D eigenvalue weighted by molar-refractivity contribution is -0.143. The summed E-state index contributed by atoms with van der Waals surface area (Å²) in [5.74, 6) is -0.460. The van der Waals surface area contributed by atoms with Gasteiger partial charge in [0, 0.05) is 6.20 Å². The number of benzene rings is 1. The van der Waals surface area contributed by atoms with Crippen molar-refractivity contribution in [1.82, 2.24) is 15.3 Å². The molecule has 2 rings (SSSR count). The number of carbonyl (C=O) groups is 2. The molecule has 0 fully saturated rings. The summed E-state index contributed by atoms with van der Waals surface area (Å²) in [5, 5.41) is 4.94. The minimum atomic E-state index is -0.736. The minimum Gasteiger partial charge on any atom is -0.466 e. The Morgan fingerprint density at radius 3 is 2.56 bits per heavy atom. The molecule has 0 aliphatic rings. The summed E-state index contributed by atoms with van der Waals surface area (Å²) in [4.78, 5) is 50.8. The van der Waals surface area contributed by atoms with Crippen LogP contribution >= 0.6 is 0 Å². The van der Waals surface area contributed by atoms with Gasteiger partial charge in [0.1, 0.15) is 5.69 Å². The van der Waals surface area contributed by atoms with Crippen molar-refractivity contribution in [3.8, 4) is 0 Å². The van der Waals surface area contributed by atoms with E-state index >= 15 is 0 Å². The third kappa shape index (κ3) is 5.34. The molecule has 0 spiro atoms. The molecule has 0 bridgehead atoms. The van der Waals surface area contributed by atoms with E-state index in [1.807, 2.05) is 11.1 Å². The van der Waals surface area contributed by atoms with Crippen LogP contribution in [0.1, 0.15) is 24.9 Å². The SMILES string of the molecule is CCOC(=O)CC(NC(=O)Nc1c[nH]c(=O)[nH]c1=O)c1ccccc1. The fourth-order valence-electron chi connectivity index (χ4n) is 2.14. The maximum atomic E-state index is 12.2. The second-order valence-corrected chi connectivity index (χ2v) is 5.06. The number of aromatic amines is 2. The highest BCUT2D eigenvalue weighted by atomic mass is 16.5. The van der Waals surface area contributed by atoms with Gasteiger partial charge >= 0.3 is 17.7 Å². The highest BCUT2D eigenvalue weighted by Crippen LogP contribution is 2.17. The molecule has 0 radical (unpaired) electrons. The molecule has 25 heavy (non-hydrogen) atoms. The molecule has 1 heterocycles. The highest BCUT2D eigenvalue weighted by Gasteiger charge is 2.19. The lowest BCUT2D eigenvalue weighted by Gasteiger charge is -2.18. The van der Waals surface area contributed by atoms with E-state index in [1.165, 1.54) is 0 Å². The van der Waals surface area contributed by atoms with Crippen LogP contribution in [-0.2, 0) is 9.53 Å². The van der Waals surface area contributed by atoms with Crippen LogP contribution in [0.15, 0.2) is 46.1 Å². The quantitative estimate of drug-likeness (QED) is 0.576. The zero-order valence-corrected chi connectivity index (χ0v) is 13.5. The van der Waals surface area contributed by atoms with E-state index in [0.29, 0.717) is 5.56 Å². The van der Waals surface area contributed by atoms with Crippen LogP contribution in [-0.4, -0.2) is 28.6 Å². The van der Waals surface area contributed by atoms with Crippen LogP contribution in [0, 0.1) is 0 Å². The maximum Gasteiger partial charge on any atom is 0.325 e. The Bertz CT molecular complexity index is 843. The van der Waals surface area contributed by atoms with Crippen molar-refractivity contribution in [2.24, 2.45) is 0 Å². The number of hydrogen-bond donors (Lipinski definition) is 4. The van der Waals surface area contributed by atoms with Crippen LogP contribution in [0.5, 0.6) is 0 Å². The van der Waals surface area contributed by atoms with Crippen LogP contribution < -0.4 is 21.9 Å². The molecular formula is C16H18N4O5. The average Bonchev–Trinajstić information content (AvgIpc) is 2.58. The molecule has 9 nitrogen and oxygen atoms in total. The van der Waals surface area contributed by atoms with Gasteiger partial charge in [-0.25, -0.2) is 9.59 Å². The summed E-state index contributed by atoms with van der Waals surface area (Å²) in [7, 11) is 0. The van der Waals surface area contributed by atoms with E-state index in [2.05, 4.69) is 15.6 Å². The molecule has 0 saturated heterocycles. The summed E-state index contributed by atoms with van der Waals surface area (Å²) in [5.41, 5.74) is -0.831. The molecule has 4 N–H and O–H groups in total. The zero-order chi connectivity index (χ0) is 18.2. The number of H-pyrrole nitrogens is 2. The Morgan fingerprint density at radius 2 is 1.92 bits per heavy atom. The Balaban J connectivity index is 2.12. The number of urea groups is 1. The minimum absolute atomic E-state index is 0.0622. The number of ether oxygens (including phenoxy) is 1. The van der Waals surface area contributed by atoms with Crippen molar-refractivity contribution >= 4 is 17.7 Å². The van der Waals surface area contributed by atoms with Crippen LogP contribution in [0.2, 0.25) is 0 Å². The number of nitrogens with one attached hydrogen (secondary N) is 4. The first-order valence-electron chi connectivity index (χ1n) is 7.59. The molecule has 0 aliphatic carbocycles. The molecule has 132 valence electrons. The Morgan fingerprint density at radius 1 is 1.20 bits per heavy atom. The van der Waals surface area contributed by atoms with Crippen LogP contribution in [0.25, 0.3) is 0 Å². The fourth-order valence-corrected chi connectivity index (χ4v) is 2.14. The van der Waals surface area contributed by atoms with Gasteiger partial charge in [-0.2, -0.15) is 0 Å². The van der Waals surface area contributed by atoms with Gasteiger partial charge in [0.15, 0.2) is 0 Å². The summed E-state index contributed by atoms with van der Waals surface area (Å²) >= 11 is 0. The lowest BCUT2D eigenvalue weighted by atomic mass is 10.0. The van der Waals surface area contributed by atoms with Crippen molar-refractivity contribution in [2.45, 2.75) is 19.4 Å². The molecule has 1 aromatic carbocycles. The molecule has 0 saturated carbocycles. The fraction of sp³-hybridized carbons (Fsp3) is 0.250. The van der Waals surface area contributed by atoms with Crippen molar-refractivity contribution in [2.75, 3.05) is 11.9 Å². The summed E-state index contributed by atoms with van der Waals surface area (Å²) in [6, 6.07) is 7.55. The number of amides is 2. The van der Waals surface area contributed by atoms with E-state index in [1.54, 1.807) is 31.2 Å². The van der Waals surface area contributed by atoms with Crippen molar-refractivity contribution < 1.29 is 14.3 Å². The summed E-state index contributed by atoms with van der Waals surface area (Å²) in [6.07, 6.45) is 1.02. The van der Waals surface area contributed by atoms with Gasteiger partial charge in [-0.1, -0.05) is 30.3 Å². The summed E-state index contributed by atoms with van der Waals surface area (Å²) < 4.78 is 4.92. The smallest absolute Gasteiger partial charge is 0.325 e. The molecule has 0 aliphatic heterocycles. The van der Waals surface area contributed by atoms with Crippen molar-refractivity contribution in [3.05, 3.63) is 62.9 Å². The predicted molar refractivity (Wildman–Crippen MR) is 90.3 cm³/mol. The third-order valence-corrected chi connectivity index (χ3v) is 3.25. The van der Waals surface area contributed by atoms with Gasteiger partial charge in [-0.3, -0.25) is 14.6 Å². The predicted octanol–water partition coefficient (Wildman–Crippen LogP) is 0.879. The van der Waals surface area contributed by atoms with Gasteiger partial charge in [-0.05, 0) is 12.5 Å². The second-order valence-electron chi connectivity index (χ2n) is 5.06. The number of aromatic nitrogens is 2. The van der Waals surface area contributed by atoms with Gasteiger partial charge in [-0.15, -0.1) is 0 Å². The number of hydrogen-bond acceptors (Lipinski definition) is 5. The second kappa shape index (κ2) is 8.48. The van der Waals surface area contributed by atoms with Crippen LogP contribution in [0.3, 0.4) is 0 Å². The van der Waals surface area contributed by atoms with Gasteiger partial charge < -0.3 is 20.4 Å². The monoisotopic (exact) mass is 346 g/mol. The summed E-state index contributed by atoms with van der Waals surface area (Å²) in [6.45, 7) is 1.93. The first-order valence-corrected chi connectivity index (χ1v) is 7.59. The van der Waals surface area contributed by atoms with E-state index in [4.69, 9.17) is 4.74 Å². The Hall–Kier alpha value is -3.36. The van der Waals surface area contributed by atoms with E-state index in [9.17, 15) is 19.2 Å². The maximum absolute atomic E-state index is 12.2. The number of carbonyl (C=O) groups excluding carboxylic acids is 2. The zero-order valence-electron chi connectivity index (χ0n) is 13.5. The van der Waals surface area contributed by atoms with E-state index in [0.717, 1.165) is 6.20 Å². The first-order chi connectivity index (χ1) is 12.0. The normalized spacial score (nSPS) is 11.4. The van der Waals surface area contributed by atoms with Gasteiger partial charge in [0.05, 0.1) is 19.1 Å². The Labute approximate surface area is 142 Å². The number of anilines is 1. The number of esters is 1. The van der Waals surface area contributed by atoms with Crippen LogP contribution in [0.4, 0.5) is 10.5 Å². The Kier molecular flexibility index (Phi) is 6.10. The van der Waals surface area contributed by atoms with E-state index < -0.39 is 29.3 Å². The molecule has 1 atom stereocenters. The topological polar surface area (TPSA) is 133 Å². The average molecular weight is 346 g/mol. The highest BCUT2D eigenvalue weighted by molar-refractivity contribution is 5.89. The standard InChI is InChI=1S/C16H18N4O5/c1-2-25-13(21)8-11(10-6-4-3-5-7-10)18-16(24)19-12-9-17-15(23)20-14(12)22/h3-7,9,11H,2,8H2,1H3,(H2,18,19,24)(H2,17,20,22,23). The van der Waals surface area contributed by atoms with E-state index in [-0.39, 0.29) is 18.7 Å². The molecule has 2 amide bonds. The largest absolute Gasteiger partial charge is 0.466 e. The number of rotatable bonds is 6. The van der Waals surface area contributed by atoms with Crippen molar-refractivity contribution in [3.63, 3.8) is 0 Å². The van der Waals surface area contributed by atoms with Gasteiger partial charge in [0.2, 0.25) is 0 Å². The van der Waals surface area contributed by atoms with Crippen molar-refractivity contribution in [1.29, 1.82) is 0 Å². The van der Waals surface area contributed by atoms with Gasteiger partial charge in [0.25, 0.3) is 5.56 Å². The molecule has 9 heteroatoms. The third-order valence-electron chi connectivity index (χ3n) is 3.25. The molecule has 1 aromatic heterocycles. The first kappa shape index (κ1) is 18.0. The lowest BCUT2D eigenvalue weighted by Crippen LogP contribution is -2.36. The molecule has 2 aromatic rings. The molecule has 1 unspecified atom stereocenters.